The summed E-state index contributed by atoms with van der Waals surface area (Å²) in [6.45, 7) is 8.34. The molecular weight excluding hydrogens is 280 g/mol. The maximum absolute atomic E-state index is 12.0. The molecule has 5 nitrogen and oxygen atoms in total. The number of hydrogen-bond donors (Lipinski definition) is 0. The molecule has 1 heterocycles. The molecule has 0 unspecified atom stereocenters. The van der Waals surface area contributed by atoms with Crippen molar-refractivity contribution in [3.63, 3.8) is 0 Å². The Bertz CT molecular complexity index is 753. The van der Waals surface area contributed by atoms with E-state index in [1.165, 1.54) is 22.3 Å². The molecule has 0 N–H and O–H groups in total. The van der Waals surface area contributed by atoms with Gasteiger partial charge in [0.05, 0.1) is 17.2 Å². The maximum Gasteiger partial charge on any atom is 0.288 e. The fourth-order valence-electron chi connectivity index (χ4n) is 2.35. The molecule has 5 heteroatoms. The minimum Gasteiger partial charge on any atom is -0.302 e. The fourth-order valence-corrected chi connectivity index (χ4v) is 2.35. The van der Waals surface area contributed by atoms with E-state index in [0.717, 1.165) is 5.56 Å². The molecule has 0 spiro atoms. The third-order valence-electron chi connectivity index (χ3n) is 3.78. The van der Waals surface area contributed by atoms with Crippen LogP contribution in [0, 0.1) is 17.0 Å². The van der Waals surface area contributed by atoms with Gasteiger partial charge in [0.15, 0.2) is 0 Å². The number of rotatable bonds is 3. The summed E-state index contributed by atoms with van der Waals surface area (Å²) in [7, 11) is 0. The van der Waals surface area contributed by atoms with Gasteiger partial charge in [0.1, 0.15) is 0 Å². The van der Waals surface area contributed by atoms with Gasteiger partial charge in [-0.3, -0.25) is 14.9 Å². The molecule has 0 aliphatic heterocycles. The van der Waals surface area contributed by atoms with E-state index in [1.807, 2.05) is 24.3 Å². The minimum absolute atomic E-state index is 0.0362. The van der Waals surface area contributed by atoms with E-state index < -0.39 is 4.92 Å². The lowest BCUT2D eigenvalue weighted by molar-refractivity contribution is -0.386. The highest BCUT2D eigenvalue weighted by atomic mass is 16.6. The molecule has 1 aromatic heterocycles. The molecule has 0 aliphatic rings. The van der Waals surface area contributed by atoms with E-state index in [4.69, 9.17) is 0 Å². The van der Waals surface area contributed by atoms with Crippen molar-refractivity contribution >= 4 is 5.69 Å². The summed E-state index contributed by atoms with van der Waals surface area (Å²) in [6, 6.07) is 10.5. The summed E-state index contributed by atoms with van der Waals surface area (Å²) >= 11 is 0. The average molecular weight is 300 g/mol. The van der Waals surface area contributed by atoms with E-state index in [-0.39, 0.29) is 16.7 Å². The van der Waals surface area contributed by atoms with Crippen molar-refractivity contribution in [1.82, 2.24) is 4.57 Å². The first kappa shape index (κ1) is 15.9. The SMILES string of the molecule is Cc1c([N+](=O)[O-])ccc(=O)n1Cc1ccc(C(C)(C)C)cc1. The van der Waals surface area contributed by atoms with Crippen molar-refractivity contribution in [2.75, 3.05) is 0 Å². The first-order valence-corrected chi connectivity index (χ1v) is 7.14. The van der Waals surface area contributed by atoms with Crippen molar-refractivity contribution in [2.24, 2.45) is 0 Å². The van der Waals surface area contributed by atoms with Crippen molar-refractivity contribution in [3.05, 3.63) is 73.7 Å². The lowest BCUT2D eigenvalue weighted by Crippen LogP contribution is -2.23. The number of hydrogen-bond acceptors (Lipinski definition) is 3. The topological polar surface area (TPSA) is 65.1 Å². The fraction of sp³-hybridized carbons (Fsp3) is 0.353. The molecule has 0 fully saturated rings. The van der Waals surface area contributed by atoms with Crippen molar-refractivity contribution in [1.29, 1.82) is 0 Å². The smallest absolute Gasteiger partial charge is 0.288 e. The van der Waals surface area contributed by atoms with Gasteiger partial charge in [0.25, 0.3) is 11.2 Å². The zero-order chi connectivity index (χ0) is 16.5. The lowest BCUT2D eigenvalue weighted by Gasteiger charge is -2.19. The molecule has 116 valence electrons. The second kappa shape index (κ2) is 5.75. The predicted molar refractivity (Wildman–Crippen MR) is 86.3 cm³/mol. The van der Waals surface area contributed by atoms with Gasteiger partial charge in [0.2, 0.25) is 0 Å². The summed E-state index contributed by atoms with van der Waals surface area (Å²) in [6.07, 6.45) is 0. The van der Waals surface area contributed by atoms with Crippen LogP contribution in [0.3, 0.4) is 0 Å². The van der Waals surface area contributed by atoms with E-state index in [2.05, 4.69) is 20.8 Å². The van der Waals surface area contributed by atoms with Crippen LogP contribution in [0.15, 0.2) is 41.2 Å². The third kappa shape index (κ3) is 3.24. The van der Waals surface area contributed by atoms with Crippen LogP contribution in [0.5, 0.6) is 0 Å². The zero-order valence-electron chi connectivity index (χ0n) is 13.3. The molecule has 0 atom stereocenters. The predicted octanol–water partition coefficient (Wildman–Crippen LogP) is 3.41. The molecule has 0 radical (unpaired) electrons. The van der Waals surface area contributed by atoms with Crippen LogP contribution in [0.1, 0.15) is 37.6 Å². The molecule has 2 aromatic rings. The van der Waals surface area contributed by atoms with E-state index in [9.17, 15) is 14.9 Å². The second-order valence-electron chi connectivity index (χ2n) is 6.43. The highest BCUT2D eigenvalue weighted by Crippen LogP contribution is 2.22. The van der Waals surface area contributed by atoms with Crippen molar-refractivity contribution < 1.29 is 4.92 Å². The second-order valence-corrected chi connectivity index (χ2v) is 6.43. The monoisotopic (exact) mass is 300 g/mol. The number of nitro groups is 1. The normalized spacial score (nSPS) is 11.5. The maximum atomic E-state index is 12.0. The average Bonchev–Trinajstić information content (AvgIpc) is 2.42. The number of pyridine rings is 1. The van der Waals surface area contributed by atoms with E-state index >= 15 is 0 Å². The number of aromatic nitrogens is 1. The Morgan fingerprint density at radius 2 is 1.68 bits per heavy atom. The van der Waals surface area contributed by atoms with Crippen LogP contribution in [0.4, 0.5) is 5.69 Å². The standard InChI is InChI=1S/C17H20N2O3/c1-12-15(19(21)22)9-10-16(20)18(12)11-13-5-7-14(8-6-13)17(2,3)4/h5-10H,11H2,1-4H3. The van der Waals surface area contributed by atoms with Gasteiger partial charge in [-0.15, -0.1) is 0 Å². The first-order chi connectivity index (χ1) is 10.2. The van der Waals surface area contributed by atoms with E-state index in [1.54, 1.807) is 6.92 Å². The Balaban J connectivity index is 2.37. The quantitative estimate of drug-likeness (QED) is 0.644. The highest BCUT2D eigenvalue weighted by molar-refractivity contribution is 5.35. The first-order valence-electron chi connectivity index (χ1n) is 7.14. The summed E-state index contributed by atoms with van der Waals surface area (Å²) in [5.74, 6) is 0. The van der Waals surface area contributed by atoms with Gasteiger partial charge in [0, 0.05) is 12.1 Å². The van der Waals surface area contributed by atoms with Gasteiger partial charge in [-0.2, -0.15) is 0 Å². The van der Waals surface area contributed by atoms with Crippen LogP contribution in [0.2, 0.25) is 0 Å². The molecule has 0 bridgehead atoms. The Labute approximate surface area is 129 Å². The highest BCUT2D eigenvalue weighted by Gasteiger charge is 2.16. The van der Waals surface area contributed by atoms with Crippen LogP contribution in [-0.4, -0.2) is 9.49 Å². The largest absolute Gasteiger partial charge is 0.302 e. The van der Waals surface area contributed by atoms with Gasteiger partial charge in [-0.05, 0) is 23.5 Å². The Hall–Kier alpha value is -2.43. The molecule has 0 saturated carbocycles. The van der Waals surface area contributed by atoms with Gasteiger partial charge in [-0.1, -0.05) is 45.0 Å². The van der Waals surface area contributed by atoms with Crippen LogP contribution < -0.4 is 5.56 Å². The summed E-state index contributed by atoms with van der Waals surface area (Å²) < 4.78 is 1.43. The lowest BCUT2D eigenvalue weighted by atomic mass is 9.87. The van der Waals surface area contributed by atoms with Crippen molar-refractivity contribution in [3.8, 4) is 0 Å². The van der Waals surface area contributed by atoms with Crippen LogP contribution in [-0.2, 0) is 12.0 Å². The summed E-state index contributed by atoms with van der Waals surface area (Å²) in [4.78, 5) is 22.5. The molecule has 0 saturated heterocycles. The number of benzene rings is 1. The molecule has 2 rings (SSSR count). The Morgan fingerprint density at radius 3 is 2.18 bits per heavy atom. The summed E-state index contributed by atoms with van der Waals surface area (Å²) in [5, 5.41) is 11.0. The molecule has 0 aliphatic carbocycles. The van der Waals surface area contributed by atoms with E-state index in [0.29, 0.717) is 12.2 Å². The molecule has 0 amide bonds. The minimum atomic E-state index is -0.464. The molecule has 22 heavy (non-hydrogen) atoms. The molecular formula is C17H20N2O3. The van der Waals surface area contributed by atoms with Gasteiger partial charge in [-0.25, -0.2) is 0 Å². The van der Waals surface area contributed by atoms with Gasteiger partial charge < -0.3 is 4.57 Å². The Kier molecular flexibility index (Phi) is 4.17. The van der Waals surface area contributed by atoms with Crippen LogP contribution in [0.25, 0.3) is 0 Å². The van der Waals surface area contributed by atoms with Crippen LogP contribution >= 0.6 is 0 Å². The summed E-state index contributed by atoms with van der Waals surface area (Å²) in [5.41, 5.74) is 2.32. The molecule has 1 aromatic carbocycles. The zero-order valence-corrected chi connectivity index (χ0v) is 13.3. The van der Waals surface area contributed by atoms with Gasteiger partial charge >= 0.3 is 0 Å². The Morgan fingerprint density at radius 1 is 1.09 bits per heavy atom. The van der Waals surface area contributed by atoms with Crippen molar-refractivity contribution in [2.45, 2.75) is 39.7 Å². The third-order valence-corrected chi connectivity index (χ3v) is 3.78. The number of nitrogens with zero attached hydrogens (tertiary/aromatic N) is 2.